The monoisotopic (exact) mass is 426 g/mol. The summed E-state index contributed by atoms with van der Waals surface area (Å²) >= 11 is 13.0. The van der Waals surface area contributed by atoms with E-state index < -0.39 is 0 Å². The van der Waals surface area contributed by atoms with Gasteiger partial charge in [0.1, 0.15) is 5.69 Å². The number of thiazole rings is 1. The Kier molecular flexibility index (Phi) is 6.37. The molecule has 1 aromatic heterocycles. The van der Waals surface area contributed by atoms with Gasteiger partial charge >= 0.3 is 0 Å². The van der Waals surface area contributed by atoms with Crippen molar-refractivity contribution in [1.82, 2.24) is 14.8 Å². The lowest BCUT2D eigenvalue weighted by Gasteiger charge is -2.36. The highest BCUT2D eigenvalue weighted by Crippen LogP contribution is 2.24. The molecule has 0 atom stereocenters. The fraction of sp³-hybridized carbons (Fsp3) is 0.389. The van der Waals surface area contributed by atoms with Crippen LogP contribution < -0.4 is 5.32 Å². The number of anilines is 1. The van der Waals surface area contributed by atoms with Crippen LogP contribution in [0.15, 0.2) is 23.6 Å². The molecule has 27 heavy (non-hydrogen) atoms. The first-order chi connectivity index (χ1) is 12.8. The normalized spacial score (nSPS) is 15.2. The van der Waals surface area contributed by atoms with Crippen LogP contribution in [0, 0.1) is 0 Å². The maximum atomic E-state index is 12.6. The van der Waals surface area contributed by atoms with E-state index in [1.54, 1.807) is 22.4 Å². The highest BCUT2D eigenvalue weighted by molar-refractivity contribution is 7.14. The van der Waals surface area contributed by atoms with Gasteiger partial charge in [0.25, 0.3) is 11.8 Å². The zero-order valence-electron chi connectivity index (χ0n) is 15.0. The van der Waals surface area contributed by atoms with Crippen LogP contribution in [0.1, 0.15) is 34.7 Å². The van der Waals surface area contributed by atoms with Crippen LogP contribution in [0.2, 0.25) is 10.0 Å². The minimum Gasteiger partial charge on any atom is -0.335 e. The Balaban J connectivity index is 1.62. The minimum absolute atomic E-state index is 0.107. The largest absolute Gasteiger partial charge is 0.335 e. The zero-order chi connectivity index (χ0) is 19.6. The van der Waals surface area contributed by atoms with Crippen LogP contribution in [-0.2, 0) is 0 Å². The number of nitrogens with zero attached hydrogens (tertiary/aromatic N) is 3. The Labute approximate surface area is 172 Å². The topological polar surface area (TPSA) is 65.5 Å². The van der Waals surface area contributed by atoms with Gasteiger partial charge in [0.05, 0.1) is 10.0 Å². The number of nitrogens with one attached hydrogen (secondary N) is 1. The average molecular weight is 427 g/mol. The Hall–Kier alpha value is -1.67. The van der Waals surface area contributed by atoms with E-state index in [1.165, 1.54) is 17.4 Å². The van der Waals surface area contributed by atoms with Crippen LogP contribution in [0.5, 0.6) is 0 Å². The first kappa shape index (κ1) is 20.1. The van der Waals surface area contributed by atoms with Gasteiger partial charge in [0.15, 0.2) is 5.13 Å². The quantitative estimate of drug-likeness (QED) is 0.805. The van der Waals surface area contributed by atoms with Crippen molar-refractivity contribution in [2.24, 2.45) is 0 Å². The maximum Gasteiger partial charge on any atom is 0.273 e. The van der Waals surface area contributed by atoms with E-state index in [9.17, 15) is 9.59 Å². The molecule has 0 spiro atoms. The second-order valence-corrected chi connectivity index (χ2v) is 8.22. The lowest BCUT2D eigenvalue weighted by Crippen LogP contribution is -2.50. The third kappa shape index (κ3) is 4.79. The van der Waals surface area contributed by atoms with Gasteiger partial charge in [-0.05, 0) is 32.0 Å². The highest BCUT2D eigenvalue weighted by atomic mass is 35.5. The molecule has 2 amide bonds. The molecule has 144 valence electrons. The number of amides is 2. The van der Waals surface area contributed by atoms with Gasteiger partial charge in [0, 0.05) is 43.2 Å². The van der Waals surface area contributed by atoms with Gasteiger partial charge in [-0.2, -0.15) is 0 Å². The molecule has 3 rings (SSSR count). The number of piperazine rings is 1. The Morgan fingerprint density at radius 3 is 2.48 bits per heavy atom. The number of hydrogen-bond donors (Lipinski definition) is 1. The van der Waals surface area contributed by atoms with Crippen molar-refractivity contribution in [1.29, 1.82) is 0 Å². The summed E-state index contributed by atoms with van der Waals surface area (Å²) in [5, 5.41) is 5.42. The number of hydrogen-bond acceptors (Lipinski definition) is 5. The summed E-state index contributed by atoms with van der Waals surface area (Å²) in [6.45, 7) is 7.38. The molecule has 1 aliphatic rings. The third-order valence-corrected chi connectivity index (χ3v) is 5.95. The Morgan fingerprint density at radius 2 is 1.85 bits per heavy atom. The van der Waals surface area contributed by atoms with Crippen molar-refractivity contribution >= 4 is 51.5 Å². The lowest BCUT2D eigenvalue weighted by molar-refractivity contribution is 0.0590. The van der Waals surface area contributed by atoms with Gasteiger partial charge in [-0.1, -0.05) is 23.2 Å². The van der Waals surface area contributed by atoms with E-state index in [0.717, 1.165) is 13.1 Å². The van der Waals surface area contributed by atoms with Crippen LogP contribution >= 0.6 is 34.5 Å². The zero-order valence-corrected chi connectivity index (χ0v) is 17.4. The van der Waals surface area contributed by atoms with Crippen molar-refractivity contribution in [2.75, 3.05) is 31.5 Å². The number of rotatable bonds is 4. The van der Waals surface area contributed by atoms with Crippen LogP contribution in [0.3, 0.4) is 0 Å². The second kappa shape index (κ2) is 8.56. The van der Waals surface area contributed by atoms with Crippen molar-refractivity contribution in [3.63, 3.8) is 0 Å². The summed E-state index contributed by atoms with van der Waals surface area (Å²) in [7, 11) is 0. The summed E-state index contributed by atoms with van der Waals surface area (Å²) in [5.41, 5.74) is 0.722. The van der Waals surface area contributed by atoms with Crippen molar-refractivity contribution < 1.29 is 9.59 Å². The van der Waals surface area contributed by atoms with E-state index in [4.69, 9.17) is 23.2 Å². The van der Waals surface area contributed by atoms with Crippen LogP contribution in [0.25, 0.3) is 0 Å². The molecule has 1 N–H and O–H groups in total. The summed E-state index contributed by atoms with van der Waals surface area (Å²) in [5.74, 6) is -0.461. The molecule has 9 heteroatoms. The summed E-state index contributed by atoms with van der Waals surface area (Å²) in [6, 6.07) is 5.11. The van der Waals surface area contributed by atoms with E-state index >= 15 is 0 Å². The van der Waals surface area contributed by atoms with Gasteiger partial charge in [-0.3, -0.25) is 19.8 Å². The van der Waals surface area contributed by atoms with Gasteiger partial charge in [-0.15, -0.1) is 11.3 Å². The lowest BCUT2D eigenvalue weighted by atomic mass is 10.2. The molecule has 0 saturated carbocycles. The molecule has 1 aromatic carbocycles. The fourth-order valence-electron chi connectivity index (χ4n) is 2.84. The maximum absolute atomic E-state index is 12.6. The number of aromatic nitrogens is 1. The second-order valence-electron chi connectivity index (χ2n) is 6.54. The van der Waals surface area contributed by atoms with Crippen molar-refractivity contribution in [3.8, 4) is 0 Å². The summed E-state index contributed by atoms with van der Waals surface area (Å²) in [6.07, 6.45) is 0. The SMILES string of the molecule is CC(C)N1CCN(C(=O)c2csc(NC(=O)c3ccc(Cl)c(Cl)c3)n2)CC1. The van der Waals surface area contributed by atoms with Crippen LogP contribution in [0.4, 0.5) is 5.13 Å². The third-order valence-electron chi connectivity index (χ3n) is 4.46. The van der Waals surface area contributed by atoms with E-state index in [2.05, 4.69) is 29.0 Å². The molecule has 1 aliphatic heterocycles. The van der Waals surface area contributed by atoms with Crippen LogP contribution in [-0.4, -0.2) is 58.8 Å². The Morgan fingerprint density at radius 1 is 1.15 bits per heavy atom. The molecule has 0 aliphatic carbocycles. The highest BCUT2D eigenvalue weighted by Gasteiger charge is 2.25. The fourth-order valence-corrected chi connectivity index (χ4v) is 3.82. The molecule has 1 saturated heterocycles. The smallest absolute Gasteiger partial charge is 0.273 e. The van der Waals surface area contributed by atoms with Gasteiger partial charge < -0.3 is 4.90 Å². The molecular weight excluding hydrogens is 407 g/mol. The first-order valence-corrected chi connectivity index (χ1v) is 10.2. The predicted octanol–water partition coefficient (Wildman–Crippen LogP) is 3.87. The number of halogens is 2. The van der Waals surface area contributed by atoms with Gasteiger partial charge in [0.2, 0.25) is 0 Å². The first-order valence-electron chi connectivity index (χ1n) is 8.60. The molecular formula is C18H20Cl2N4O2S. The molecule has 2 heterocycles. The van der Waals surface area contributed by atoms with Gasteiger partial charge in [-0.25, -0.2) is 4.98 Å². The molecule has 0 bridgehead atoms. The van der Waals surface area contributed by atoms with E-state index in [1.807, 2.05) is 0 Å². The van der Waals surface area contributed by atoms with Crippen molar-refractivity contribution in [2.45, 2.75) is 19.9 Å². The standard InChI is InChI=1S/C18H20Cl2N4O2S/c1-11(2)23-5-7-24(8-6-23)17(26)15-10-27-18(21-15)22-16(25)12-3-4-13(19)14(20)9-12/h3-4,9-11H,5-8H2,1-2H3,(H,21,22,25). The minimum atomic E-state index is -0.354. The number of benzene rings is 1. The van der Waals surface area contributed by atoms with E-state index in [-0.39, 0.29) is 11.8 Å². The average Bonchev–Trinajstić information content (AvgIpc) is 3.11. The number of carbonyl (C=O) groups excluding carboxylic acids is 2. The summed E-state index contributed by atoms with van der Waals surface area (Å²) < 4.78 is 0. The molecule has 0 radical (unpaired) electrons. The number of carbonyl (C=O) groups is 2. The molecule has 1 fully saturated rings. The predicted molar refractivity (Wildman–Crippen MR) is 109 cm³/mol. The van der Waals surface area contributed by atoms with E-state index in [0.29, 0.717) is 45.6 Å². The molecule has 6 nitrogen and oxygen atoms in total. The molecule has 0 unspecified atom stereocenters. The molecule has 2 aromatic rings. The Bertz CT molecular complexity index is 848. The summed E-state index contributed by atoms with van der Waals surface area (Å²) in [4.78, 5) is 33.4. The van der Waals surface area contributed by atoms with Crippen molar-refractivity contribution in [3.05, 3.63) is 44.9 Å².